The van der Waals surface area contributed by atoms with E-state index in [2.05, 4.69) is 20.4 Å². The zero-order valence-corrected chi connectivity index (χ0v) is 16.6. The van der Waals surface area contributed by atoms with Crippen molar-refractivity contribution in [1.29, 1.82) is 0 Å². The number of hydrogen-bond donors (Lipinski definition) is 2. The van der Waals surface area contributed by atoms with Crippen LogP contribution in [0.3, 0.4) is 0 Å². The summed E-state index contributed by atoms with van der Waals surface area (Å²) in [5.74, 6) is -0.887. The lowest BCUT2D eigenvalue weighted by Gasteiger charge is -2.30. The number of carbonyl (C=O) groups excluding carboxylic acids is 2. The second-order valence-corrected chi connectivity index (χ2v) is 7.46. The van der Waals surface area contributed by atoms with E-state index in [4.69, 9.17) is 11.6 Å². The van der Waals surface area contributed by atoms with E-state index in [9.17, 15) is 18.4 Å². The molecule has 1 fully saturated rings. The first kappa shape index (κ1) is 21.0. The molecule has 2 amide bonds. The minimum Gasteiger partial charge on any atom is -0.417 e. The number of pyridine rings is 1. The molecule has 154 valence electrons. The number of halogens is 3. The molecule has 3 rings (SSSR count). The normalized spacial score (nSPS) is 18.8. The van der Waals surface area contributed by atoms with E-state index < -0.39 is 17.9 Å². The number of amides is 2. The van der Waals surface area contributed by atoms with Crippen LogP contribution in [0.25, 0.3) is 0 Å². The predicted molar refractivity (Wildman–Crippen MR) is 104 cm³/mol. The van der Waals surface area contributed by atoms with E-state index in [0.717, 1.165) is 11.1 Å². The van der Waals surface area contributed by atoms with Gasteiger partial charge in [-0.25, -0.2) is 0 Å². The molecule has 0 spiro atoms. The number of nitrogens with one attached hydrogen (secondary N) is 2. The maximum Gasteiger partial charge on any atom is 0.388 e. The predicted octanol–water partition coefficient (Wildman–Crippen LogP) is 3.86. The van der Waals surface area contributed by atoms with Crippen LogP contribution in [0.4, 0.5) is 14.5 Å². The Bertz CT molecular complexity index is 939. The zero-order valence-electron chi connectivity index (χ0n) is 15.8. The third-order valence-corrected chi connectivity index (χ3v) is 5.15. The van der Waals surface area contributed by atoms with E-state index in [-0.39, 0.29) is 41.5 Å². The van der Waals surface area contributed by atoms with E-state index >= 15 is 0 Å². The minimum absolute atomic E-state index is 0.0137. The lowest BCUT2D eigenvalue weighted by Crippen LogP contribution is -2.43. The number of benzene rings is 1. The number of anilines is 1. The third kappa shape index (κ3) is 4.32. The first-order valence-corrected chi connectivity index (χ1v) is 9.39. The first-order valence-electron chi connectivity index (χ1n) is 9.02. The Hall–Kier alpha value is -2.74. The Morgan fingerprint density at radius 2 is 2.00 bits per heavy atom. The molecule has 0 aliphatic carbocycles. The van der Waals surface area contributed by atoms with E-state index in [0.29, 0.717) is 0 Å². The Morgan fingerprint density at radius 1 is 1.28 bits per heavy atom. The van der Waals surface area contributed by atoms with Crippen molar-refractivity contribution in [2.45, 2.75) is 38.2 Å². The van der Waals surface area contributed by atoms with E-state index in [1.165, 1.54) is 12.1 Å². The Kier molecular flexibility index (Phi) is 6.02. The fraction of sp³-hybridized carbons (Fsp3) is 0.350. The molecule has 2 N–H and O–H groups in total. The molecule has 1 aromatic heterocycles. The Morgan fingerprint density at radius 3 is 2.59 bits per heavy atom. The van der Waals surface area contributed by atoms with Gasteiger partial charge >= 0.3 is 6.61 Å². The third-order valence-electron chi connectivity index (χ3n) is 4.86. The van der Waals surface area contributed by atoms with Crippen LogP contribution in [0.2, 0.25) is 5.15 Å². The second-order valence-electron chi connectivity index (χ2n) is 7.10. The van der Waals surface area contributed by atoms with Gasteiger partial charge in [-0.05, 0) is 23.1 Å². The number of rotatable bonds is 6. The molecule has 29 heavy (non-hydrogen) atoms. The van der Waals surface area contributed by atoms with Gasteiger partial charge in [0.2, 0.25) is 17.7 Å². The van der Waals surface area contributed by atoms with Crippen molar-refractivity contribution >= 4 is 29.1 Å². The van der Waals surface area contributed by atoms with Gasteiger partial charge in [-0.2, -0.15) is 13.8 Å². The number of hydrogen-bond acceptors (Lipinski definition) is 4. The molecule has 0 bridgehead atoms. The van der Waals surface area contributed by atoms with Gasteiger partial charge in [-0.1, -0.05) is 49.7 Å². The standard InChI is InChI=1S/C20H20ClF2N3O3/c1-11(2)12-5-3-4-6-13(12)20(9-15(27)24-10-20)18(28)25-14-7-8-16(26-17(14)21)29-19(22)23/h3-8,11,19H,9-10H2,1-2H3,(H,24,27)(H,25,28). The van der Waals surface area contributed by atoms with Crippen molar-refractivity contribution < 1.29 is 23.1 Å². The maximum absolute atomic E-state index is 13.3. The van der Waals surface area contributed by atoms with Gasteiger partial charge in [0.05, 0.1) is 5.69 Å². The molecule has 1 aromatic carbocycles. The van der Waals surface area contributed by atoms with Crippen molar-refractivity contribution in [3.63, 3.8) is 0 Å². The highest BCUT2D eigenvalue weighted by atomic mass is 35.5. The molecule has 9 heteroatoms. The van der Waals surface area contributed by atoms with E-state index in [1.54, 1.807) is 0 Å². The summed E-state index contributed by atoms with van der Waals surface area (Å²) in [7, 11) is 0. The summed E-state index contributed by atoms with van der Waals surface area (Å²) in [5.41, 5.74) is 0.732. The largest absolute Gasteiger partial charge is 0.417 e. The second kappa shape index (κ2) is 8.32. The summed E-state index contributed by atoms with van der Waals surface area (Å²) < 4.78 is 28.9. The van der Waals surface area contributed by atoms with Crippen molar-refractivity contribution in [3.05, 3.63) is 52.7 Å². The lowest BCUT2D eigenvalue weighted by molar-refractivity contribution is -0.124. The highest BCUT2D eigenvalue weighted by Crippen LogP contribution is 2.38. The van der Waals surface area contributed by atoms with Crippen molar-refractivity contribution in [3.8, 4) is 5.88 Å². The summed E-state index contributed by atoms with van der Waals surface area (Å²) in [6.45, 7) is 1.12. The summed E-state index contributed by atoms with van der Waals surface area (Å²) in [6.07, 6.45) is -0.0137. The highest BCUT2D eigenvalue weighted by Gasteiger charge is 2.48. The van der Waals surface area contributed by atoms with Gasteiger partial charge in [0.25, 0.3) is 0 Å². The number of aromatic nitrogens is 1. The summed E-state index contributed by atoms with van der Waals surface area (Å²) in [5, 5.41) is 5.23. The molecule has 0 saturated carbocycles. The van der Waals surface area contributed by atoms with Crippen LogP contribution in [0.1, 0.15) is 37.3 Å². The Labute approximate surface area is 171 Å². The monoisotopic (exact) mass is 423 g/mol. The molecular weight excluding hydrogens is 404 g/mol. The average molecular weight is 424 g/mol. The Balaban J connectivity index is 1.95. The molecule has 1 aliphatic heterocycles. The van der Waals surface area contributed by atoms with Crippen LogP contribution in [-0.2, 0) is 15.0 Å². The van der Waals surface area contributed by atoms with Crippen LogP contribution in [0.15, 0.2) is 36.4 Å². The van der Waals surface area contributed by atoms with Crippen LogP contribution >= 0.6 is 11.6 Å². The molecule has 2 aromatic rings. The SMILES string of the molecule is CC(C)c1ccccc1C1(C(=O)Nc2ccc(OC(F)F)nc2Cl)CNC(=O)C1. The van der Waals surface area contributed by atoms with Gasteiger partial charge in [-0.15, -0.1) is 0 Å². The molecule has 2 heterocycles. The van der Waals surface area contributed by atoms with Crippen LogP contribution in [-0.4, -0.2) is 30.0 Å². The van der Waals surface area contributed by atoms with Crippen molar-refractivity contribution in [2.24, 2.45) is 0 Å². The molecule has 1 unspecified atom stereocenters. The van der Waals surface area contributed by atoms with Crippen molar-refractivity contribution in [2.75, 3.05) is 11.9 Å². The number of ether oxygens (including phenoxy) is 1. The maximum atomic E-state index is 13.3. The molecule has 1 aliphatic rings. The van der Waals surface area contributed by atoms with Crippen LogP contribution in [0.5, 0.6) is 5.88 Å². The fourth-order valence-corrected chi connectivity index (χ4v) is 3.66. The van der Waals surface area contributed by atoms with E-state index in [1.807, 2.05) is 38.1 Å². The average Bonchev–Trinajstić information content (AvgIpc) is 3.06. The first-order chi connectivity index (χ1) is 13.7. The van der Waals surface area contributed by atoms with Crippen LogP contribution < -0.4 is 15.4 Å². The van der Waals surface area contributed by atoms with Gasteiger partial charge in [0, 0.05) is 19.0 Å². The highest BCUT2D eigenvalue weighted by molar-refractivity contribution is 6.32. The molecule has 1 saturated heterocycles. The van der Waals surface area contributed by atoms with Crippen LogP contribution in [0, 0.1) is 0 Å². The van der Waals surface area contributed by atoms with Crippen molar-refractivity contribution in [1.82, 2.24) is 10.3 Å². The molecular formula is C20H20ClF2N3O3. The zero-order chi connectivity index (χ0) is 21.2. The molecule has 6 nitrogen and oxygen atoms in total. The number of alkyl halides is 2. The summed E-state index contributed by atoms with van der Waals surface area (Å²) in [4.78, 5) is 29.1. The molecule has 1 atom stereocenters. The van der Waals surface area contributed by atoms with Gasteiger partial charge in [0.1, 0.15) is 5.41 Å². The number of nitrogens with zero attached hydrogens (tertiary/aromatic N) is 1. The smallest absolute Gasteiger partial charge is 0.388 e. The van der Waals surface area contributed by atoms with Gasteiger partial charge in [0.15, 0.2) is 5.15 Å². The van der Waals surface area contributed by atoms with Gasteiger partial charge in [-0.3, -0.25) is 9.59 Å². The fourth-order valence-electron chi connectivity index (χ4n) is 3.47. The summed E-state index contributed by atoms with van der Waals surface area (Å²) in [6, 6.07) is 10.00. The van der Waals surface area contributed by atoms with Gasteiger partial charge < -0.3 is 15.4 Å². The lowest BCUT2D eigenvalue weighted by atomic mass is 9.74. The topological polar surface area (TPSA) is 80.3 Å². The number of carbonyl (C=O) groups is 2. The molecule has 0 radical (unpaired) electrons. The summed E-state index contributed by atoms with van der Waals surface area (Å²) >= 11 is 6.03. The quantitative estimate of drug-likeness (QED) is 0.691. The minimum atomic E-state index is -3.04.